The fraction of sp³-hybridized carbons (Fsp3) is 0.467. The largest absolute Gasteiger partial charge is 0.508 e. The van der Waals surface area contributed by atoms with Crippen molar-refractivity contribution in [2.24, 2.45) is 5.10 Å². The summed E-state index contributed by atoms with van der Waals surface area (Å²) in [4.78, 5) is 11.7. The Balaban J connectivity index is 2.40. The zero-order valence-electron chi connectivity index (χ0n) is 11.6. The monoisotopic (exact) mass is 262 g/mol. The number of amides is 1. The summed E-state index contributed by atoms with van der Waals surface area (Å²) < 4.78 is 0. The molecule has 19 heavy (non-hydrogen) atoms. The van der Waals surface area contributed by atoms with Gasteiger partial charge in [0.1, 0.15) is 5.75 Å². The third-order valence-corrected chi connectivity index (χ3v) is 2.85. The molecule has 0 heterocycles. The second kappa shape index (κ2) is 8.29. The van der Waals surface area contributed by atoms with Crippen molar-refractivity contribution >= 4 is 11.6 Å². The summed E-state index contributed by atoms with van der Waals surface area (Å²) in [6.07, 6.45) is 5.66. The molecule has 4 nitrogen and oxygen atoms in total. The van der Waals surface area contributed by atoms with Crippen LogP contribution in [0.15, 0.2) is 29.4 Å². The number of hydrazone groups is 1. The summed E-state index contributed by atoms with van der Waals surface area (Å²) in [6, 6.07) is 6.22. The van der Waals surface area contributed by atoms with Gasteiger partial charge in [-0.05, 0) is 38.0 Å². The Morgan fingerprint density at radius 3 is 2.79 bits per heavy atom. The molecule has 0 spiro atoms. The van der Waals surface area contributed by atoms with Gasteiger partial charge >= 0.3 is 0 Å². The van der Waals surface area contributed by atoms with Crippen molar-refractivity contribution in [1.82, 2.24) is 5.43 Å². The first-order chi connectivity index (χ1) is 9.13. The summed E-state index contributed by atoms with van der Waals surface area (Å²) in [5.41, 5.74) is 3.83. The average Bonchev–Trinajstić information content (AvgIpc) is 2.41. The minimum absolute atomic E-state index is 0.0768. The molecule has 0 unspecified atom stereocenters. The number of nitrogens with zero attached hydrogens (tertiary/aromatic N) is 1. The molecule has 2 N–H and O–H groups in total. The van der Waals surface area contributed by atoms with E-state index in [1.807, 2.05) is 6.92 Å². The molecule has 0 saturated heterocycles. The van der Waals surface area contributed by atoms with Crippen molar-refractivity contribution in [3.05, 3.63) is 29.8 Å². The number of carbonyl (C=O) groups excluding carboxylic acids is 1. The molecule has 0 radical (unpaired) electrons. The zero-order valence-corrected chi connectivity index (χ0v) is 11.6. The predicted molar refractivity (Wildman–Crippen MR) is 77.4 cm³/mol. The number of hydrogen-bond acceptors (Lipinski definition) is 3. The van der Waals surface area contributed by atoms with Crippen LogP contribution in [0.4, 0.5) is 0 Å². The predicted octanol–water partition coefficient (Wildman–Crippen LogP) is 3.47. The molecule has 1 aromatic carbocycles. The number of phenols is 1. The van der Waals surface area contributed by atoms with E-state index in [0.717, 1.165) is 18.6 Å². The molecule has 0 bridgehead atoms. The third-order valence-electron chi connectivity index (χ3n) is 2.85. The van der Waals surface area contributed by atoms with Crippen molar-refractivity contribution < 1.29 is 9.90 Å². The lowest BCUT2D eigenvalue weighted by Gasteiger charge is -2.03. The van der Waals surface area contributed by atoms with Gasteiger partial charge in [-0.25, -0.2) is 5.43 Å². The van der Waals surface area contributed by atoms with Gasteiger partial charge in [-0.2, -0.15) is 5.10 Å². The Hall–Kier alpha value is -1.84. The molecule has 1 rings (SSSR count). The van der Waals surface area contributed by atoms with E-state index in [9.17, 15) is 9.90 Å². The van der Waals surface area contributed by atoms with Crippen LogP contribution in [0.2, 0.25) is 0 Å². The molecule has 104 valence electrons. The molecule has 4 heteroatoms. The second-order valence-electron chi connectivity index (χ2n) is 4.65. The van der Waals surface area contributed by atoms with Gasteiger partial charge < -0.3 is 5.11 Å². The van der Waals surface area contributed by atoms with E-state index in [2.05, 4.69) is 17.5 Å². The highest BCUT2D eigenvalue weighted by Gasteiger charge is 2.04. The number of hydrogen-bond donors (Lipinski definition) is 2. The number of phenolic OH excluding ortho intramolecular Hbond substituents is 1. The Bertz CT molecular complexity index is 442. The summed E-state index contributed by atoms with van der Waals surface area (Å²) in [7, 11) is 0. The van der Waals surface area contributed by atoms with Crippen molar-refractivity contribution in [2.75, 3.05) is 0 Å². The van der Waals surface area contributed by atoms with Crippen LogP contribution < -0.4 is 5.43 Å². The van der Waals surface area contributed by atoms with Crippen molar-refractivity contribution in [3.8, 4) is 5.75 Å². The summed E-state index contributed by atoms with van der Waals surface area (Å²) in [5.74, 6) is -0.225. The first kappa shape index (κ1) is 15.2. The van der Waals surface area contributed by atoms with Gasteiger partial charge in [-0.3, -0.25) is 4.79 Å². The van der Waals surface area contributed by atoms with Gasteiger partial charge in [0.25, 0.3) is 5.91 Å². The SMILES string of the molecule is CCCCCCC(C)=NNC(=O)c1cccc(O)c1. The molecule has 1 amide bonds. The minimum atomic E-state index is -0.302. The van der Waals surface area contributed by atoms with Crippen LogP contribution in [-0.2, 0) is 0 Å². The van der Waals surface area contributed by atoms with E-state index in [-0.39, 0.29) is 11.7 Å². The molecule has 0 atom stereocenters. The maximum atomic E-state index is 11.7. The molecular formula is C15H22N2O2. The Labute approximate surface area is 114 Å². The van der Waals surface area contributed by atoms with Crippen molar-refractivity contribution in [1.29, 1.82) is 0 Å². The van der Waals surface area contributed by atoms with Gasteiger partial charge in [0.2, 0.25) is 0 Å². The zero-order chi connectivity index (χ0) is 14.1. The van der Waals surface area contributed by atoms with Gasteiger partial charge in [-0.15, -0.1) is 0 Å². The van der Waals surface area contributed by atoms with Crippen LogP contribution in [0.3, 0.4) is 0 Å². The normalized spacial score (nSPS) is 11.4. The average molecular weight is 262 g/mol. The summed E-state index contributed by atoms with van der Waals surface area (Å²) >= 11 is 0. The van der Waals surface area contributed by atoms with Gasteiger partial charge in [0.05, 0.1) is 0 Å². The third kappa shape index (κ3) is 6.04. The lowest BCUT2D eigenvalue weighted by molar-refractivity contribution is 0.0954. The second-order valence-corrected chi connectivity index (χ2v) is 4.65. The first-order valence-corrected chi connectivity index (χ1v) is 6.76. The first-order valence-electron chi connectivity index (χ1n) is 6.76. The van der Waals surface area contributed by atoms with Crippen molar-refractivity contribution in [2.45, 2.75) is 46.0 Å². The highest BCUT2D eigenvalue weighted by Crippen LogP contribution is 2.10. The number of rotatable bonds is 7. The molecule has 0 aliphatic heterocycles. The van der Waals surface area contributed by atoms with Crippen molar-refractivity contribution in [3.63, 3.8) is 0 Å². The minimum Gasteiger partial charge on any atom is -0.508 e. The molecular weight excluding hydrogens is 240 g/mol. The quantitative estimate of drug-likeness (QED) is 0.449. The lowest BCUT2D eigenvalue weighted by Crippen LogP contribution is -2.18. The number of unbranched alkanes of at least 4 members (excludes halogenated alkanes) is 3. The van der Waals surface area contributed by atoms with E-state index in [1.165, 1.54) is 31.4 Å². The summed E-state index contributed by atoms with van der Waals surface area (Å²) in [6.45, 7) is 4.09. The Morgan fingerprint density at radius 1 is 1.32 bits per heavy atom. The van der Waals surface area contributed by atoms with Crippen LogP contribution in [-0.4, -0.2) is 16.7 Å². The Morgan fingerprint density at radius 2 is 2.11 bits per heavy atom. The molecule has 0 fully saturated rings. The van der Waals surface area contributed by atoms with Gasteiger partial charge in [0, 0.05) is 11.3 Å². The van der Waals surface area contributed by atoms with Crippen LogP contribution in [0, 0.1) is 0 Å². The van der Waals surface area contributed by atoms with E-state index < -0.39 is 0 Å². The number of carbonyl (C=O) groups is 1. The maximum Gasteiger partial charge on any atom is 0.271 e. The van der Waals surface area contributed by atoms with E-state index >= 15 is 0 Å². The highest BCUT2D eigenvalue weighted by atomic mass is 16.3. The molecule has 0 aliphatic rings. The lowest BCUT2D eigenvalue weighted by atomic mass is 10.1. The molecule has 0 aliphatic carbocycles. The Kier molecular flexibility index (Phi) is 6.64. The van der Waals surface area contributed by atoms with E-state index in [0.29, 0.717) is 5.56 Å². The number of benzene rings is 1. The molecule has 0 saturated carbocycles. The topological polar surface area (TPSA) is 61.7 Å². The van der Waals surface area contributed by atoms with E-state index in [4.69, 9.17) is 0 Å². The van der Waals surface area contributed by atoms with Crippen LogP contribution in [0.25, 0.3) is 0 Å². The maximum absolute atomic E-state index is 11.7. The smallest absolute Gasteiger partial charge is 0.271 e. The fourth-order valence-corrected chi connectivity index (χ4v) is 1.72. The molecule has 1 aromatic rings. The number of nitrogens with one attached hydrogen (secondary N) is 1. The highest BCUT2D eigenvalue weighted by molar-refractivity contribution is 5.95. The van der Waals surface area contributed by atoms with Crippen LogP contribution in [0.1, 0.15) is 56.3 Å². The van der Waals surface area contributed by atoms with Gasteiger partial charge in [-0.1, -0.05) is 32.3 Å². The fourth-order valence-electron chi connectivity index (χ4n) is 1.72. The van der Waals surface area contributed by atoms with Crippen LogP contribution >= 0.6 is 0 Å². The summed E-state index contributed by atoms with van der Waals surface area (Å²) in [5, 5.41) is 13.4. The van der Waals surface area contributed by atoms with Crippen LogP contribution in [0.5, 0.6) is 5.75 Å². The standard InChI is InChI=1S/C15H22N2O2/c1-3-4-5-6-8-12(2)16-17-15(19)13-9-7-10-14(18)11-13/h7,9-11,18H,3-6,8H2,1-2H3,(H,17,19). The molecule has 0 aromatic heterocycles. The number of aromatic hydroxyl groups is 1. The van der Waals surface area contributed by atoms with E-state index in [1.54, 1.807) is 12.1 Å². The van der Waals surface area contributed by atoms with Gasteiger partial charge in [0.15, 0.2) is 0 Å².